The summed E-state index contributed by atoms with van der Waals surface area (Å²) in [5.41, 5.74) is -3.89. The second-order valence-corrected chi connectivity index (χ2v) is 9.24. The molecule has 0 aromatic carbocycles. The molecule has 5 aliphatic rings. The summed E-state index contributed by atoms with van der Waals surface area (Å²) in [6.45, 7) is 10.3. The quantitative estimate of drug-likeness (QED) is 0.278. The van der Waals surface area contributed by atoms with Crippen molar-refractivity contribution in [2.45, 2.75) is 83.0 Å². The molecule has 8 atom stereocenters. The van der Waals surface area contributed by atoms with Crippen LogP contribution in [0.3, 0.4) is 0 Å². The second-order valence-electron chi connectivity index (χ2n) is 9.24. The molecule has 170 valence electrons. The highest BCUT2D eigenvalue weighted by Gasteiger charge is 2.76. The molecule has 4 heterocycles. The van der Waals surface area contributed by atoms with Gasteiger partial charge in [0.05, 0.1) is 0 Å². The molecule has 1 spiro atoms. The van der Waals surface area contributed by atoms with Crippen LogP contribution in [-0.4, -0.2) is 42.1 Å². The van der Waals surface area contributed by atoms with Crippen molar-refractivity contribution >= 4 is 5.90 Å². The topological polar surface area (TPSA) is 58.5 Å². The summed E-state index contributed by atoms with van der Waals surface area (Å²) in [7, 11) is 0. The Kier molecular flexibility index (Phi) is 5.28. The summed E-state index contributed by atoms with van der Waals surface area (Å²) in [5, 5.41) is 0. The van der Waals surface area contributed by atoms with Gasteiger partial charge < -0.3 is 14.2 Å². The van der Waals surface area contributed by atoms with E-state index in [1.54, 1.807) is 6.92 Å². The Hall–Kier alpha value is -1.16. The van der Waals surface area contributed by atoms with Crippen LogP contribution in [0.1, 0.15) is 53.4 Å². The van der Waals surface area contributed by atoms with Crippen molar-refractivity contribution in [1.29, 1.82) is 0 Å². The van der Waals surface area contributed by atoms with Gasteiger partial charge in [-0.3, -0.25) is 0 Å². The summed E-state index contributed by atoms with van der Waals surface area (Å²) in [6.07, 6.45) is -1.96. The first-order valence-corrected chi connectivity index (χ1v) is 10.6. The van der Waals surface area contributed by atoms with Crippen LogP contribution in [0.25, 0.3) is 0 Å². The van der Waals surface area contributed by atoms with Gasteiger partial charge >= 0.3 is 6.18 Å². The number of hydrogen-bond donors (Lipinski definition) is 0. The molecule has 1 saturated carbocycles. The fourth-order valence-electron chi connectivity index (χ4n) is 5.89. The zero-order chi connectivity index (χ0) is 21.9. The van der Waals surface area contributed by atoms with Gasteiger partial charge in [-0.15, -0.1) is 0 Å². The molecule has 2 bridgehead atoms. The first kappa shape index (κ1) is 22.0. The third-order valence-electron chi connectivity index (χ3n) is 7.42. The van der Waals surface area contributed by atoms with Gasteiger partial charge in [-0.25, -0.2) is 14.8 Å². The van der Waals surface area contributed by atoms with E-state index >= 15 is 0 Å². The Morgan fingerprint density at radius 2 is 1.90 bits per heavy atom. The zero-order valence-electron chi connectivity index (χ0n) is 17.8. The lowest BCUT2D eigenvalue weighted by atomic mass is 9.56. The van der Waals surface area contributed by atoms with E-state index in [4.69, 9.17) is 24.0 Å². The smallest absolute Gasteiger partial charge is 0.439 e. The van der Waals surface area contributed by atoms with Crippen LogP contribution >= 0.6 is 0 Å². The second kappa shape index (κ2) is 7.18. The van der Waals surface area contributed by atoms with Gasteiger partial charge in [0.15, 0.2) is 17.8 Å². The molecule has 0 aromatic rings. The van der Waals surface area contributed by atoms with Crippen LogP contribution in [0.5, 0.6) is 0 Å². The highest BCUT2D eigenvalue weighted by Crippen LogP contribution is 2.64. The summed E-state index contributed by atoms with van der Waals surface area (Å²) >= 11 is 0. The van der Waals surface area contributed by atoms with Crippen LogP contribution in [0.4, 0.5) is 13.2 Å². The van der Waals surface area contributed by atoms with Crippen LogP contribution < -0.4 is 0 Å². The lowest BCUT2D eigenvalue weighted by molar-refractivity contribution is -0.583. The number of fused-ring (bicyclic) bond motifs is 2. The highest BCUT2D eigenvalue weighted by molar-refractivity contribution is 5.73. The van der Waals surface area contributed by atoms with E-state index in [0.29, 0.717) is 12.8 Å². The largest absolute Gasteiger partial charge is 0.477 e. The molecule has 5 fully saturated rings. The lowest BCUT2D eigenvalue weighted by Gasteiger charge is -2.62. The Morgan fingerprint density at radius 1 is 1.17 bits per heavy atom. The van der Waals surface area contributed by atoms with E-state index < -0.39 is 41.4 Å². The zero-order valence-corrected chi connectivity index (χ0v) is 17.8. The number of rotatable bonds is 3. The Balaban J connectivity index is 1.83. The first-order valence-electron chi connectivity index (χ1n) is 10.6. The van der Waals surface area contributed by atoms with E-state index in [-0.39, 0.29) is 24.3 Å². The molecule has 4 saturated heterocycles. The summed E-state index contributed by atoms with van der Waals surface area (Å²) in [6, 6.07) is 0. The lowest BCUT2D eigenvalue weighted by Crippen LogP contribution is -2.75. The Bertz CT molecular complexity index is 730. The van der Waals surface area contributed by atoms with Gasteiger partial charge in [0.2, 0.25) is 5.79 Å². The fraction of sp³-hybridized carbons (Fsp3) is 0.857. The van der Waals surface area contributed by atoms with E-state index in [2.05, 4.69) is 18.5 Å². The van der Waals surface area contributed by atoms with Gasteiger partial charge in [-0.05, 0) is 38.0 Å². The van der Waals surface area contributed by atoms with Crippen molar-refractivity contribution in [3.63, 3.8) is 0 Å². The minimum atomic E-state index is -4.78. The fourth-order valence-corrected chi connectivity index (χ4v) is 5.89. The van der Waals surface area contributed by atoms with Gasteiger partial charge in [-0.1, -0.05) is 26.5 Å². The molecule has 0 amide bonds. The van der Waals surface area contributed by atoms with E-state index in [1.165, 1.54) is 19.9 Å². The monoisotopic (exact) mass is 433 g/mol. The molecule has 30 heavy (non-hydrogen) atoms. The highest BCUT2D eigenvalue weighted by atomic mass is 19.4. The minimum Gasteiger partial charge on any atom is -0.477 e. The first-order chi connectivity index (χ1) is 14.0. The third-order valence-corrected chi connectivity index (χ3v) is 7.42. The number of aliphatic imine (C=N–C) groups is 1. The van der Waals surface area contributed by atoms with Crippen molar-refractivity contribution in [3.05, 3.63) is 12.7 Å². The molecule has 0 radical (unpaired) electrons. The molecule has 9 heteroatoms. The molecule has 1 aliphatic carbocycles. The van der Waals surface area contributed by atoms with Crippen molar-refractivity contribution < 1.29 is 37.2 Å². The maximum Gasteiger partial charge on any atom is 0.439 e. The predicted octanol–water partition coefficient (Wildman–Crippen LogP) is 4.75. The van der Waals surface area contributed by atoms with Crippen molar-refractivity contribution in [3.8, 4) is 0 Å². The third kappa shape index (κ3) is 3.04. The minimum absolute atomic E-state index is 0.0265. The SMILES string of the molecule is C=CCO/C(C)=N\[C@@]1(C(F)(F)F)O[C@@H]2O[C@]3(C)CCC4[C@H](C)CC[C@@H]([C@H]1C)[C@]42OO3. The molecule has 4 aliphatic heterocycles. The van der Waals surface area contributed by atoms with Crippen LogP contribution in [-0.2, 0) is 24.0 Å². The maximum atomic E-state index is 14.6. The Morgan fingerprint density at radius 3 is 2.57 bits per heavy atom. The van der Waals surface area contributed by atoms with Crippen molar-refractivity contribution in [1.82, 2.24) is 0 Å². The van der Waals surface area contributed by atoms with E-state index in [9.17, 15) is 13.2 Å². The van der Waals surface area contributed by atoms with E-state index in [0.717, 1.165) is 12.8 Å². The van der Waals surface area contributed by atoms with Crippen LogP contribution in [0.2, 0.25) is 0 Å². The van der Waals surface area contributed by atoms with Crippen molar-refractivity contribution in [2.24, 2.45) is 28.7 Å². The van der Waals surface area contributed by atoms with Crippen LogP contribution in [0.15, 0.2) is 17.6 Å². The normalized spacial score (nSPS) is 48.6. The number of ether oxygens (including phenoxy) is 3. The predicted molar refractivity (Wildman–Crippen MR) is 101 cm³/mol. The molecule has 0 aromatic heterocycles. The Labute approximate surface area is 174 Å². The standard InChI is InChI=1S/C21H30F3NO5/c1-6-11-26-14(4)25-20(21(22,23)24)13(3)16-8-7-12(2)15-9-10-18(5)27-17(28-20)19(15,16)30-29-18/h6,12-13,15-17H,1,7-11H2,2-5H3/b25-14-/t12-,13-,15?,16+,17+,18+,19-,20-/m1/s1. The summed E-state index contributed by atoms with van der Waals surface area (Å²) < 4.78 is 60.9. The van der Waals surface area contributed by atoms with Crippen molar-refractivity contribution in [2.75, 3.05) is 6.61 Å². The summed E-state index contributed by atoms with van der Waals surface area (Å²) in [5.74, 6) is -2.57. The average molecular weight is 433 g/mol. The number of alkyl halides is 3. The van der Waals surface area contributed by atoms with Crippen LogP contribution in [0, 0.1) is 23.7 Å². The number of hydrogen-bond acceptors (Lipinski definition) is 6. The number of halogens is 3. The molecular weight excluding hydrogens is 403 g/mol. The molecule has 5 rings (SSSR count). The molecule has 6 nitrogen and oxygen atoms in total. The van der Waals surface area contributed by atoms with Gasteiger partial charge in [0.1, 0.15) is 6.61 Å². The van der Waals surface area contributed by atoms with Gasteiger partial charge in [0.25, 0.3) is 5.72 Å². The maximum absolute atomic E-state index is 14.6. The molecule has 1 unspecified atom stereocenters. The molecular formula is C21H30F3NO5. The van der Waals surface area contributed by atoms with Gasteiger partial charge in [-0.2, -0.15) is 13.2 Å². The number of nitrogens with zero attached hydrogens (tertiary/aromatic N) is 1. The average Bonchev–Trinajstić information content (AvgIpc) is 2.89. The summed E-state index contributed by atoms with van der Waals surface area (Å²) in [4.78, 5) is 15.6. The van der Waals surface area contributed by atoms with E-state index in [1.807, 2.05) is 0 Å². The molecule has 0 N–H and O–H groups in total. The van der Waals surface area contributed by atoms with Gasteiger partial charge in [0, 0.05) is 25.2 Å².